The van der Waals surface area contributed by atoms with Crippen LogP contribution in [0.15, 0.2) is 29.2 Å². The van der Waals surface area contributed by atoms with E-state index in [4.69, 9.17) is 5.14 Å². The van der Waals surface area contributed by atoms with Gasteiger partial charge >= 0.3 is 11.8 Å². The highest BCUT2D eigenvalue weighted by atomic mass is 32.2. The summed E-state index contributed by atoms with van der Waals surface area (Å²) in [6, 6.07) is 5.76. The molecule has 0 atom stereocenters. The fourth-order valence-corrected chi connectivity index (χ4v) is 2.92. The highest BCUT2D eigenvalue weighted by Crippen LogP contribution is 2.08. The van der Waals surface area contributed by atoms with Gasteiger partial charge < -0.3 is 16.0 Å². The lowest BCUT2D eigenvalue weighted by atomic mass is 10.2. The van der Waals surface area contributed by atoms with E-state index in [1.807, 2.05) is 0 Å². The number of hydrogen-bond donors (Lipinski definition) is 4. The molecule has 0 unspecified atom stereocenters. The number of hydrogen-bond acceptors (Lipinski definition) is 6. The number of nitrogens with two attached hydrogens (primary N) is 1. The number of sulfonamides is 1. The zero-order valence-electron chi connectivity index (χ0n) is 13.8. The summed E-state index contributed by atoms with van der Waals surface area (Å²) in [4.78, 5) is 25.7. The summed E-state index contributed by atoms with van der Waals surface area (Å²) in [5.41, 5.74) is 0.661. The Balaban J connectivity index is 1.71. The van der Waals surface area contributed by atoms with Gasteiger partial charge in [-0.1, -0.05) is 12.1 Å². The summed E-state index contributed by atoms with van der Waals surface area (Å²) in [6.45, 7) is 4.95. The van der Waals surface area contributed by atoms with Gasteiger partial charge in [0, 0.05) is 45.8 Å². The molecule has 1 aliphatic rings. The molecule has 1 aromatic carbocycles. The second-order valence-corrected chi connectivity index (χ2v) is 7.28. The largest absolute Gasteiger partial charge is 0.347 e. The molecule has 1 saturated heterocycles. The number of carbonyl (C=O) groups excluding carboxylic acids is 2. The maximum absolute atomic E-state index is 11.8. The zero-order valence-corrected chi connectivity index (χ0v) is 14.6. The summed E-state index contributed by atoms with van der Waals surface area (Å²) >= 11 is 0. The Kier molecular flexibility index (Phi) is 6.88. The third-order valence-corrected chi connectivity index (χ3v) is 4.76. The number of nitrogens with one attached hydrogen (secondary N) is 3. The minimum absolute atomic E-state index is 0.00627. The minimum atomic E-state index is -3.74. The highest BCUT2D eigenvalue weighted by molar-refractivity contribution is 7.89. The number of primary sulfonamides is 1. The molecule has 25 heavy (non-hydrogen) atoms. The van der Waals surface area contributed by atoms with Crippen LogP contribution in [0.5, 0.6) is 0 Å². The van der Waals surface area contributed by atoms with Gasteiger partial charge in [-0.3, -0.25) is 14.5 Å². The van der Waals surface area contributed by atoms with E-state index >= 15 is 0 Å². The Bertz CT molecular complexity index is 699. The Morgan fingerprint density at radius 2 is 1.68 bits per heavy atom. The number of carbonyl (C=O) groups is 2. The summed E-state index contributed by atoms with van der Waals surface area (Å²) < 4.78 is 22.3. The summed E-state index contributed by atoms with van der Waals surface area (Å²) in [7, 11) is -3.74. The smallest absolute Gasteiger partial charge is 0.309 e. The molecule has 0 aliphatic carbocycles. The van der Waals surface area contributed by atoms with Crippen molar-refractivity contribution < 1.29 is 18.0 Å². The van der Waals surface area contributed by atoms with Gasteiger partial charge in [0.25, 0.3) is 0 Å². The van der Waals surface area contributed by atoms with Crippen molar-refractivity contribution in [3.8, 4) is 0 Å². The standard InChI is InChI=1S/C15H23N5O4S/c16-25(23,24)13-3-1-12(2-4-13)11-19-15(22)14(21)18-7-10-20-8-5-17-6-9-20/h1-4,17H,5-11H2,(H,18,21)(H,19,22)(H2,16,23,24). The molecule has 0 radical (unpaired) electrons. The fourth-order valence-electron chi connectivity index (χ4n) is 2.40. The van der Waals surface area contributed by atoms with Crippen molar-refractivity contribution in [2.75, 3.05) is 39.3 Å². The predicted octanol–water partition coefficient (Wildman–Crippen LogP) is -2.03. The van der Waals surface area contributed by atoms with E-state index < -0.39 is 21.8 Å². The van der Waals surface area contributed by atoms with E-state index in [2.05, 4.69) is 20.9 Å². The highest BCUT2D eigenvalue weighted by Gasteiger charge is 2.14. The second-order valence-electron chi connectivity index (χ2n) is 5.72. The molecule has 0 bridgehead atoms. The van der Waals surface area contributed by atoms with E-state index in [0.29, 0.717) is 18.7 Å². The molecule has 138 valence electrons. The van der Waals surface area contributed by atoms with Crippen molar-refractivity contribution in [1.82, 2.24) is 20.9 Å². The lowest BCUT2D eigenvalue weighted by Gasteiger charge is -2.26. The Morgan fingerprint density at radius 1 is 1.08 bits per heavy atom. The van der Waals surface area contributed by atoms with Crippen molar-refractivity contribution in [1.29, 1.82) is 0 Å². The van der Waals surface area contributed by atoms with Crippen LogP contribution in [-0.4, -0.2) is 64.4 Å². The Hall–Kier alpha value is -2.01. The van der Waals surface area contributed by atoms with Gasteiger partial charge in [-0.25, -0.2) is 13.6 Å². The van der Waals surface area contributed by atoms with Gasteiger partial charge in [0.15, 0.2) is 0 Å². The van der Waals surface area contributed by atoms with E-state index in [-0.39, 0.29) is 11.4 Å². The normalized spacial score (nSPS) is 15.6. The van der Waals surface area contributed by atoms with Crippen molar-refractivity contribution in [3.63, 3.8) is 0 Å². The summed E-state index contributed by atoms with van der Waals surface area (Å²) in [6.07, 6.45) is 0. The molecular weight excluding hydrogens is 346 g/mol. The zero-order chi connectivity index (χ0) is 18.3. The maximum Gasteiger partial charge on any atom is 0.309 e. The number of rotatable bonds is 6. The van der Waals surface area contributed by atoms with Crippen molar-refractivity contribution >= 4 is 21.8 Å². The van der Waals surface area contributed by atoms with Crippen LogP contribution in [0.3, 0.4) is 0 Å². The first-order valence-electron chi connectivity index (χ1n) is 7.97. The average Bonchev–Trinajstić information content (AvgIpc) is 2.60. The molecule has 0 saturated carbocycles. The van der Waals surface area contributed by atoms with E-state index in [9.17, 15) is 18.0 Å². The second kappa shape index (κ2) is 8.90. The fraction of sp³-hybridized carbons (Fsp3) is 0.467. The average molecular weight is 369 g/mol. The molecule has 0 spiro atoms. The maximum atomic E-state index is 11.8. The first kappa shape index (κ1) is 19.3. The molecule has 1 heterocycles. The van der Waals surface area contributed by atoms with Gasteiger partial charge in [-0.05, 0) is 17.7 Å². The molecule has 10 heteroatoms. The van der Waals surface area contributed by atoms with Crippen LogP contribution in [-0.2, 0) is 26.2 Å². The van der Waals surface area contributed by atoms with Crippen LogP contribution < -0.4 is 21.1 Å². The summed E-state index contributed by atoms with van der Waals surface area (Å²) in [5.74, 6) is -1.41. The van der Waals surface area contributed by atoms with E-state index in [1.54, 1.807) is 0 Å². The SMILES string of the molecule is NS(=O)(=O)c1ccc(CNC(=O)C(=O)NCCN2CCNCC2)cc1. The van der Waals surface area contributed by atoms with E-state index in [1.165, 1.54) is 24.3 Å². The lowest BCUT2D eigenvalue weighted by Crippen LogP contribution is -2.47. The lowest BCUT2D eigenvalue weighted by molar-refractivity contribution is -0.139. The molecule has 1 aliphatic heterocycles. The first-order valence-corrected chi connectivity index (χ1v) is 9.52. The van der Waals surface area contributed by atoms with Gasteiger partial charge in [-0.15, -0.1) is 0 Å². The van der Waals surface area contributed by atoms with Crippen LogP contribution in [0.4, 0.5) is 0 Å². The quantitative estimate of drug-likeness (QED) is 0.428. The topological polar surface area (TPSA) is 134 Å². The molecule has 2 amide bonds. The Labute approximate surface area is 147 Å². The molecule has 5 N–H and O–H groups in total. The third kappa shape index (κ3) is 6.42. The molecule has 1 aromatic rings. The number of benzene rings is 1. The van der Waals surface area contributed by atoms with Crippen molar-refractivity contribution in [2.45, 2.75) is 11.4 Å². The molecule has 0 aromatic heterocycles. The molecule has 1 fully saturated rings. The number of nitrogens with zero attached hydrogens (tertiary/aromatic N) is 1. The van der Waals surface area contributed by atoms with Crippen LogP contribution in [0.25, 0.3) is 0 Å². The van der Waals surface area contributed by atoms with Gasteiger partial charge in [0.2, 0.25) is 10.0 Å². The van der Waals surface area contributed by atoms with E-state index in [0.717, 1.165) is 26.2 Å². The number of piperazine rings is 1. The van der Waals surface area contributed by atoms with Crippen LogP contribution in [0, 0.1) is 0 Å². The number of amides is 2. The van der Waals surface area contributed by atoms with Gasteiger partial charge in [0.05, 0.1) is 4.90 Å². The van der Waals surface area contributed by atoms with Crippen LogP contribution in [0.1, 0.15) is 5.56 Å². The molecule has 9 nitrogen and oxygen atoms in total. The monoisotopic (exact) mass is 369 g/mol. The minimum Gasteiger partial charge on any atom is -0.347 e. The van der Waals surface area contributed by atoms with Crippen molar-refractivity contribution in [2.24, 2.45) is 5.14 Å². The van der Waals surface area contributed by atoms with Gasteiger partial charge in [-0.2, -0.15) is 0 Å². The third-order valence-electron chi connectivity index (χ3n) is 3.83. The predicted molar refractivity (Wildman–Crippen MR) is 92.0 cm³/mol. The summed E-state index contributed by atoms with van der Waals surface area (Å²) in [5, 5.41) is 13.3. The Morgan fingerprint density at radius 3 is 2.28 bits per heavy atom. The first-order chi connectivity index (χ1) is 11.9. The molecular formula is C15H23N5O4S. The van der Waals surface area contributed by atoms with Crippen molar-refractivity contribution in [3.05, 3.63) is 29.8 Å². The molecule has 2 rings (SSSR count). The van der Waals surface area contributed by atoms with Crippen LogP contribution in [0.2, 0.25) is 0 Å². The van der Waals surface area contributed by atoms with Gasteiger partial charge in [0.1, 0.15) is 0 Å². The van der Waals surface area contributed by atoms with Crippen LogP contribution >= 0.6 is 0 Å².